The Morgan fingerprint density at radius 2 is 2.50 bits per heavy atom. The van der Waals surface area contributed by atoms with E-state index < -0.39 is 6.09 Å². The molecule has 5 nitrogen and oxygen atoms in total. The van der Waals surface area contributed by atoms with Gasteiger partial charge in [0.15, 0.2) is 0 Å². The summed E-state index contributed by atoms with van der Waals surface area (Å²) in [5, 5.41) is 12.1. The Hall–Kier alpha value is -1.52. The SMILES string of the molecule is O=C(O)N1CC(c2ccno2)C1. The molecule has 0 bridgehead atoms. The van der Waals surface area contributed by atoms with E-state index in [-0.39, 0.29) is 5.92 Å². The van der Waals surface area contributed by atoms with Crippen LogP contribution in [0.1, 0.15) is 11.7 Å². The van der Waals surface area contributed by atoms with Crippen LogP contribution in [-0.4, -0.2) is 34.3 Å². The predicted octanol–water partition coefficient (Wildman–Crippen LogP) is 0.752. The molecule has 1 aliphatic heterocycles. The zero-order chi connectivity index (χ0) is 8.55. The number of carbonyl (C=O) groups is 1. The lowest BCUT2D eigenvalue weighted by Gasteiger charge is -2.35. The highest BCUT2D eigenvalue weighted by Crippen LogP contribution is 2.26. The van der Waals surface area contributed by atoms with E-state index in [9.17, 15) is 4.79 Å². The Morgan fingerprint density at radius 1 is 1.75 bits per heavy atom. The van der Waals surface area contributed by atoms with Gasteiger partial charge >= 0.3 is 6.09 Å². The van der Waals surface area contributed by atoms with E-state index in [1.165, 1.54) is 4.90 Å². The van der Waals surface area contributed by atoms with Crippen LogP contribution in [-0.2, 0) is 0 Å². The van der Waals surface area contributed by atoms with Crippen molar-refractivity contribution in [3.05, 3.63) is 18.0 Å². The third kappa shape index (κ3) is 1.03. The van der Waals surface area contributed by atoms with Gasteiger partial charge in [-0.15, -0.1) is 0 Å². The Balaban J connectivity index is 1.94. The molecule has 1 amide bonds. The van der Waals surface area contributed by atoms with Gasteiger partial charge in [-0.25, -0.2) is 4.79 Å². The maximum atomic E-state index is 10.4. The second-order valence-electron chi connectivity index (χ2n) is 2.80. The standard InChI is InChI=1S/C7H8N2O3/c10-7(11)9-3-5(4-9)6-1-2-8-12-6/h1-2,5H,3-4H2,(H,10,11). The smallest absolute Gasteiger partial charge is 0.407 e. The molecular weight excluding hydrogens is 160 g/mol. The summed E-state index contributed by atoms with van der Waals surface area (Å²) >= 11 is 0. The molecule has 1 saturated heterocycles. The van der Waals surface area contributed by atoms with Crippen molar-refractivity contribution in [3.8, 4) is 0 Å². The van der Waals surface area contributed by atoms with Crippen LogP contribution in [0.25, 0.3) is 0 Å². The molecule has 0 aromatic carbocycles. The molecule has 0 saturated carbocycles. The van der Waals surface area contributed by atoms with Crippen molar-refractivity contribution in [1.82, 2.24) is 10.1 Å². The Labute approximate surface area is 68.6 Å². The molecule has 1 aliphatic rings. The van der Waals surface area contributed by atoms with E-state index in [0.717, 1.165) is 5.76 Å². The molecule has 0 atom stereocenters. The molecule has 1 aromatic heterocycles. The van der Waals surface area contributed by atoms with Gasteiger partial charge in [-0.2, -0.15) is 0 Å². The Bertz CT molecular complexity index is 277. The van der Waals surface area contributed by atoms with Crippen LogP contribution in [0, 0.1) is 0 Å². The molecule has 12 heavy (non-hydrogen) atoms. The van der Waals surface area contributed by atoms with Crippen LogP contribution in [0.5, 0.6) is 0 Å². The third-order valence-electron chi connectivity index (χ3n) is 2.01. The first kappa shape index (κ1) is 7.15. The van der Waals surface area contributed by atoms with Gasteiger partial charge in [-0.1, -0.05) is 5.16 Å². The fourth-order valence-electron chi connectivity index (χ4n) is 1.25. The van der Waals surface area contributed by atoms with E-state index in [4.69, 9.17) is 9.63 Å². The normalized spacial score (nSPS) is 17.5. The lowest BCUT2D eigenvalue weighted by molar-refractivity contribution is 0.0975. The first-order valence-electron chi connectivity index (χ1n) is 3.66. The van der Waals surface area contributed by atoms with Crippen molar-refractivity contribution in [2.45, 2.75) is 5.92 Å². The quantitative estimate of drug-likeness (QED) is 0.672. The van der Waals surface area contributed by atoms with Gasteiger partial charge in [0.2, 0.25) is 0 Å². The molecular formula is C7H8N2O3. The van der Waals surface area contributed by atoms with E-state index in [0.29, 0.717) is 13.1 Å². The van der Waals surface area contributed by atoms with Crippen LogP contribution in [0.3, 0.4) is 0 Å². The summed E-state index contributed by atoms with van der Waals surface area (Å²) in [5.41, 5.74) is 0. The lowest BCUT2D eigenvalue weighted by atomic mass is 9.98. The number of aromatic nitrogens is 1. The highest BCUT2D eigenvalue weighted by Gasteiger charge is 2.33. The summed E-state index contributed by atoms with van der Waals surface area (Å²) in [6.07, 6.45) is 0.699. The van der Waals surface area contributed by atoms with Gasteiger partial charge in [-0.05, 0) is 0 Å². The van der Waals surface area contributed by atoms with Crippen molar-refractivity contribution in [2.75, 3.05) is 13.1 Å². The second kappa shape index (κ2) is 2.51. The van der Waals surface area contributed by atoms with Crippen LogP contribution >= 0.6 is 0 Å². The number of amides is 1. The van der Waals surface area contributed by atoms with Gasteiger partial charge in [0.25, 0.3) is 0 Å². The number of hydrogen-bond acceptors (Lipinski definition) is 3. The van der Waals surface area contributed by atoms with Gasteiger partial charge in [0.1, 0.15) is 5.76 Å². The molecule has 1 aromatic rings. The summed E-state index contributed by atoms with van der Waals surface area (Å²) < 4.78 is 4.90. The van der Waals surface area contributed by atoms with Crippen LogP contribution in [0.4, 0.5) is 4.79 Å². The summed E-state index contributed by atoms with van der Waals surface area (Å²) in [4.78, 5) is 11.7. The molecule has 1 fully saturated rings. The number of carboxylic acid groups (broad SMARTS) is 1. The van der Waals surface area contributed by atoms with Crippen molar-refractivity contribution in [2.24, 2.45) is 0 Å². The monoisotopic (exact) mass is 168 g/mol. The van der Waals surface area contributed by atoms with E-state index in [1.807, 2.05) is 0 Å². The summed E-state index contributed by atoms with van der Waals surface area (Å²) in [6.45, 7) is 1.04. The zero-order valence-corrected chi connectivity index (χ0v) is 6.30. The average Bonchev–Trinajstić information content (AvgIpc) is 2.34. The maximum absolute atomic E-state index is 10.4. The van der Waals surface area contributed by atoms with E-state index >= 15 is 0 Å². The molecule has 0 radical (unpaired) electrons. The zero-order valence-electron chi connectivity index (χ0n) is 6.30. The lowest BCUT2D eigenvalue weighted by Crippen LogP contribution is -2.47. The van der Waals surface area contributed by atoms with Crippen LogP contribution < -0.4 is 0 Å². The van der Waals surface area contributed by atoms with Crippen LogP contribution in [0.15, 0.2) is 16.8 Å². The number of nitrogens with zero attached hydrogens (tertiary/aromatic N) is 2. The van der Waals surface area contributed by atoms with Gasteiger partial charge in [-0.3, -0.25) is 0 Å². The molecule has 64 valence electrons. The predicted molar refractivity (Wildman–Crippen MR) is 38.8 cm³/mol. The van der Waals surface area contributed by atoms with E-state index in [1.54, 1.807) is 12.3 Å². The summed E-state index contributed by atoms with van der Waals surface area (Å²) in [6, 6.07) is 1.77. The summed E-state index contributed by atoms with van der Waals surface area (Å²) in [7, 11) is 0. The average molecular weight is 168 g/mol. The minimum atomic E-state index is -0.870. The molecule has 2 rings (SSSR count). The largest absolute Gasteiger partial charge is 0.465 e. The number of likely N-dealkylation sites (tertiary alicyclic amines) is 1. The Morgan fingerprint density at radius 3 is 3.00 bits per heavy atom. The molecule has 1 N–H and O–H groups in total. The minimum Gasteiger partial charge on any atom is -0.465 e. The molecule has 0 spiro atoms. The highest BCUT2D eigenvalue weighted by molar-refractivity contribution is 5.66. The van der Waals surface area contributed by atoms with Gasteiger partial charge in [0, 0.05) is 19.2 Å². The summed E-state index contributed by atoms with van der Waals surface area (Å²) in [5.74, 6) is 0.969. The molecule has 5 heteroatoms. The fraction of sp³-hybridized carbons (Fsp3) is 0.429. The van der Waals surface area contributed by atoms with Crippen molar-refractivity contribution in [3.63, 3.8) is 0 Å². The minimum absolute atomic E-state index is 0.198. The second-order valence-corrected chi connectivity index (χ2v) is 2.80. The molecule has 0 unspecified atom stereocenters. The number of rotatable bonds is 1. The topological polar surface area (TPSA) is 66.6 Å². The van der Waals surface area contributed by atoms with Gasteiger partial charge in [0.05, 0.1) is 12.1 Å². The maximum Gasteiger partial charge on any atom is 0.407 e. The van der Waals surface area contributed by atoms with Crippen LogP contribution in [0.2, 0.25) is 0 Å². The third-order valence-corrected chi connectivity index (χ3v) is 2.01. The van der Waals surface area contributed by atoms with Crippen molar-refractivity contribution < 1.29 is 14.4 Å². The van der Waals surface area contributed by atoms with E-state index in [2.05, 4.69) is 5.16 Å². The fourth-order valence-corrected chi connectivity index (χ4v) is 1.25. The van der Waals surface area contributed by atoms with Gasteiger partial charge < -0.3 is 14.5 Å². The Kier molecular flexibility index (Phi) is 1.49. The first-order chi connectivity index (χ1) is 5.77. The molecule has 2 heterocycles. The van der Waals surface area contributed by atoms with Crippen molar-refractivity contribution >= 4 is 6.09 Å². The van der Waals surface area contributed by atoms with Crippen molar-refractivity contribution in [1.29, 1.82) is 0 Å². The highest BCUT2D eigenvalue weighted by atomic mass is 16.5. The number of hydrogen-bond donors (Lipinski definition) is 1. The molecule has 0 aliphatic carbocycles. The first-order valence-corrected chi connectivity index (χ1v) is 3.66.